The Bertz CT molecular complexity index is 1170. The molecule has 1 amide bonds. The van der Waals surface area contributed by atoms with E-state index in [0.717, 1.165) is 17.7 Å². The van der Waals surface area contributed by atoms with Crippen molar-refractivity contribution in [1.29, 1.82) is 0 Å². The predicted molar refractivity (Wildman–Crippen MR) is 115 cm³/mol. The molecular formula is C24H23F2N3O3. The van der Waals surface area contributed by atoms with Crippen molar-refractivity contribution in [3.63, 3.8) is 0 Å². The second-order valence-electron chi connectivity index (χ2n) is 7.92. The van der Waals surface area contributed by atoms with Crippen molar-refractivity contribution in [3.8, 4) is 11.5 Å². The van der Waals surface area contributed by atoms with E-state index in [0.29, 0.717) is 29.4 Å². The lowest BCUT2D eigenvalue weighted by Gasteiger charge is -2.20. The molecule has 8 heteroatoms. The van der Waals surface area contributed by atoms with Crippen molar-refractivity contribution in [1.82, 2.24) is 9.97 Å². The van der Waals surface area contributed by atoms with Crippen LogP contribution in [0.2, 0.25) is 0 Å². The van der Waals surface area contributed by atoms with Crippen LogP contribution in [-0.2, 0) is 10.2 Å². The van der Waals surface area contributed by atoms with Gasteiger partial charge in [-0.3, -0.25) is 4.79 Å². The van der Waals surface area contributed by atoms with Gasteiger partial charge in [0.1, 0.15) is 11.6 Å². The van der Waals surface area contributed by atoms with E-state index in [-0.39, 0.29) is 18.2 Å². The minimum Gasteiger partial charge on any atom is -0.497 e. The van der Waals surface area contributed by atoms with Crippen molar-refractivity contribution >= 4 is 11.6 Å². The molecule has 1 fully saturated rings. The third kappa shape index (κ3) is 4.26. The Balaban J connectivity index is 1.58. The maximum Gasteiger partial charge on any atom is 0.228 e. The van der Waals surface area contributed by atoms with Crippen molar-refractivity contribution in [2.24, 2.45) is 5.92 Å². The number of hydrogen-bond acceptors (Lipinski definition) is 5. The molecule has 0 unspecified atom stereocenters. The summed E-state index contributed by atoms with van der Waals surface area (Å²) in [4.78, 5) is 21.5. The van der Waals surface area contributed by atoms with E-state index in [1.54, 1.807) is 20.2 Å². The van der Waals surface area contributed by atoms with E-state index in [4.69, 9.17) is 9.47 Å². The van der Waals surface area contributed by atoms with Gasteiger partial charge < -0.3 is 14.8 Å². The quantitative estimate of drug-likeness (QED) is 0.592. The number of anilines is 1. The summed E-state index contributed by atoms with van der Waals surface area (Å²) in [6.45, 7) is 3.86. The van der Waals surface area contributed by atoms with E-state index in [9.17, 15) is 13.6 Å². The fourth-order valence-electron chi connectivity index (χ4n) is 3.87. The largest absolute Gasteiger partial charge is 0.497 e. The maximum absolute atomic E-state index is 13.5. The van der Waals surface area contributed by atoms with Gasteiger partial charge in [-0.25, -0.2) is 18.7 Å². The molecule has 1 aliphatic carbocycles. The highest BCUT2D eigenvalue weighted by molar-refractivity contribution is 5.96. The molecule has 0 radical (unpaired) electrons. The van der Waals surface area contributed by atoms with Gasteiger partial charge in [0.25, 0.3) is 0 Å². The zero-order valence-corrected chi connectivity index (χ0v) is 18.0. The van der Waals surface area contributed by atoms with Crippen molar-refractivity contribution in [2.45, 2.75) is 25.7 Å². The zero-order chi connectivity index (χ0) is 22.9. The second kappa shape index (κ2) is 8.53. The fraction of sp³-hybridized carbons (Fsp3) is 0.292. The third-order valence-corrected chi connectivity index (χ3v) is 5.76. The highest BCUT2D eigenvalue weighted by atomic mass is 19.2. The molecule has 1 saturated carbocycles. The highest BCUT2D eigenvalue weighted by Gasteiger charge is 2.60. The average molecular weight is 439 g/mol. The molecule has 3 aromatic rings. The van der Waals surface area contributed by atoms with Crippen LogP contribution >= 0.6 is 0 Å². The van der Waals surface area contributed by atoms with Gasteiger partial charge in [-0.1, -0.05) is 12.1 Å². The van der Waals surface area contributed by atoms with Crippen LogP contribution < -0.4 is 14.8 Å². The highest BCUT2D eigenvalue weighted by Crippen LogP contribution is 2.55. The van der Waals surface area contributed by atoms with Crippen molar-refractivity contribution in [3.05, 3.63) is 77.4 Å². The Hall–Kier alpha value is -3.55. The van der Waals surface area contributed by atoms with E-state index in [1.807, 2.05) is 31.2 Å². The Kier molecular flexibility index (Phi) is 5.78. The summed E-state index contributed by atoms with van der Waals surface area (Å²) in [6.07, 6.45) is 2.15. The number of ether oxygens (including phenoxy) is 2. The number of halogens is 2. The Morgan fingerprint density at radius 3 is 2.72 bits per heavy atom. The first-order chi connectivity index (χ1) is 15.3. The summed E-state index contributed by atoms with van der Waals surface area (Å²) in [5.41, 5.74) is 1.20. The van der Waals surface area contributed by atoms with Gasteiger partial charge in [-0.05, 0) is 50.1 Å². The van der Waals surface area contributed by atoms with Crippen LogP contribution in [-0.4, -0.2) is 29.6 Å². The number of aromatic nitrogens is 2. The number of rotatable bonds is 7. The van der Waals surface area contributed by atoms with E-state index < -0.39 is 23.0 Å². The van der Waals surface area contributed by atoms with Crippen LogP contribution in [0.15, 0.2) is 48.7 Å². The van der Waals surface area contributed by atoms with Crippen LogP contribution in [0.1, 0.15) is 23.5 Å². The molecule has 0 bridgehead atoms. The monoisotopic (exact) mass is 439 g/mol. The third-order valence-electron chi connectivity index (χ3n) is 5.76. The van der Waals surface area contributed by atoms with Crippen molar-refractivity contribution < 1.29 is 23.0 Å². The smallest absolute Gasteiger partial charge is 0.228 e. The molecule has 0 aliphatic heterocycles. The van der Waals surface area contributed by atoms with Gasteiger partial charge in [0.2, 0.25) is 5.91 Å². The summed E-state index contributed by atoms with van der Waals surface area (Å²) in [5, 5.41) is 2.68. The number of hydrogen-bond donors (Lipinski definition) is 1. The van der Waals surface area contributed by atoms with Crippen LogP contribution in [0.3, 0.4) is 0 Å². The molecule has 1 aromatic heterocycles. The first kappa shape index (κ1) is 21.7. The van der Waals surface area contributed by atoms with E-state index in [2.05, 4.69) is 15.3 Å². The summed E-state index contributed by atoms with van der Waals surface area (Å²) in [6, 6.07) is 10.8. The van der Waals surface area contributed by atoms with Crippen LogP contribution in [0.5, 0.6) is 11.5 Å². The normalized spacial score (nSPS) is 19.3. The molecule has 1 heterocycles. The lowest BCUT2D eigenvalue weighted by molar-refractivity contribution is -0.117. The van der Waals surface area contributed by atoms with Crippen LogP contribution in [0.4, 0.5) is 14.5 Å². The predicted octanol–water partition coefficient (Wildman–Crippen LogP) is 4.36. The fourth-order valence-corrected chi connectivity index (χ4v) is 3.87. The lowest BCUT2D eigenvalue weighted by Crippen LogP contribution is -2.27. The van der Waals surface area contributed by atoms with Crippen LogP contribution in [0.25, 0.3) is 0 Å². The molecule has 0 saturated heterocycles. The number of nitrogens with one attached hydrogen (secondary N) is 1. The van der Waals surface area contributed by atoms with Gasteiger partial charge in [-0.15, -0.1) is 0 Å². The molecule has 1 aliphatic rings. The second-order valence-corrected chi connectivity index (χ2v) is 7.92. The Morgan fingerprint density at radius 2 is 2.00 bits per heavy atom. The van der Waals surface area contributed by atoms with E-state index >= 15 is 0 Å². The molecule has 0 spiro atoms. The Morgan fingerprint density at radius 1 is 1.19 bits per heavy atom. The topological polar surface area (TPSA) is 73.3 Å². The standard InChI is InChI=1S/C24H23F2N3O3/c1-14-22(12-27-15(2)28-14)32-13-24(16-5-4-6-18(9-16)31-3)11-19(24)23(30)29-17-7-8-20(25)21(26)10-17/h4-10,12,19H,11,13H2,1-3H3,(H,29,30)/t19-,24+/m0/s1. The van der Waals surface area contributed by atoms with Gasteiger partial charge in [0.15, 0.2) is 17.4 Å². The summed E-state index contributed by atoms with van der Waals surface area (Å²) < 4.78 is 38.2. The number of nitrogens with zero attached hydrogens (tertiary/aromatic N) is 2. The minimum absolute atomic E-state index is 0.198. The molecule has 166 valence electrons. The molecule has 2 aromatic carbocycles. The zero-order valence-electron chi connectivity index (χ0n) is 18.0. The number of aryl methyl sites for hydroxylation is 2. The van der Waals surface area contributed by atoms with Crippen molar-refractivity contribution in [2.75, 3.05) is 19.0 Å². The molecule has 6 nitrogen and oxygen atoms in total. The molecule has 2 atom stereocenters. The number of carbonyl (C=O) groups is 1. The SMILES string of the molecule is COc1cccc([C@]2(COc3cnc(C)nc3C)C[C@H]2C(=O)Nc2ccc(F)c(F)c2)c1. The maximum atomic E-state index is 13.5. The first-order valence-corrected chi connectivity index (χ1v) is 10.2. The first-order valence-electron chi connectivity index (χ1n) is 10.2. The van der Waals surface area contributed by atoms with Gasteiger partial charge in [0.05, 0.1) is 31.5 Å². The molecule has 4 rings (SSSR count). The summed E-state index contributed by atoms with van der Waals surface area (Å²) >= 11 is 0. The number of amides is 1. The minimum atomic E-state index is -1.02. The molecular weight excluding hydrogens is 416 g/mol. The van der Waals surface area contributed by atoms with E-state index in [1.165, 1.54) is 6.07 Å². The summed E-state index contributed by atoms with van der Waals surface area (Å²) in [7, 11) is 1.58. The molecule has 32 heavy (non-hydrogen) atoms. The lowest BCUT2D eigenvalue weighted by atomic mass is 9.93. The molecule has 1 N–H and O–H groups in total. The number of benzene rings is 2. The summed E-state index contributed by atoms with van der Waals surface area (Å²) in [5.74, 6) is -0.839. The number of carbonyl (C=O) groups excluding carboxylic acids is 1. The number of methoxy groups -OCH3 is 1. The Labute approximate surface area is 184 Å². The van der Waals surface area contributed by atoms with Gasteiger partial charge >= 0.3 is 0 Å². The van der Waals surface area contributed by atoms with Crippen LogP contribution in [0, 0.1) is 31.4 Å². The van der Waals surface area contributed by atoms with Gasteiger partial charge in [-0.2, -0.15) is 0 Å². The average Bonchev–Trinajstić information content (AvgIpc) is 3.52. The van der Waals surface area contributed by atoms with Gasteiger partial charge in [0, 0.05) is 17.2 Å².